The van der Waals surface area contributed by atoms with Gasteiger partial charge in [-0.05, 0) is 45.6 Å². The number of carboxylic acids is 1. The molecule has 2 rings (SSSR count). The van der Waals surface area contributed by atoms with Crippen molar-refractivity contribution in [2.45, 2.75) is 193 Å². The minimum Gasteiger partial charge on any atom is -0.459 e. The number of nitrogens with one attached hydrogen (secondary N) is 3. The summed E-state index contributed by atoms with van der Waals surface area (Å²) in [4.78, 5) is 59.6. The number of carboxylic acid groups (broad SMARTS) is 1. The number of hydrogen-bond donors (Lipinski definition) is 4. The van der Waals surface area contributed by atoms with Gasteiger partial charge < -0.3 is 9.47 Å². The van der Waals surface area contributed by atoms with E-state index < -0.39 is 36.0 Å². The molecule has 1 aromatic rings. The van der Waals surface area contributed by atoms with Crippen LogP contribution in [0.5, 0.6) is 0 Å². The number of unbranched alkanes of at least 4 members (excludes halogenated alkanes) is 2. The number of nitrogens with zero attached hydrogens (tertiary/aromatic N) is 4. The van der Waals surface area contributed by atoms with Crippen molar-refractivity contribution in [1.29, 1.82) is 0 Å². The summed E-state index contributed by atoms with van der Waals surface area (Å²) in [6, 6.07) is 5.48. The van der Waals surface area contributed by atoms with Crippen LogP contribution in [-0.2, 0) is 35.2 Å². The molecule has 0 fully saturated rings. The summed E-state index contributed by atoms with van der Waals surface area (Å²) in [7, 11) is 1.46. The van der Waals surface area contributed by atoms with Gasteiger partial charge in [-0.25, -0.2) is 0 Å². The summed E-state index contributed by atoms with van der Waals surface area (Å²) >= 11 is -2.47. The largest absolute Gasteiger partial charge is 0.459 e. The molecule has 14 nitrogen and oxygen atoms in total. The zero-order valence-electron chi connectivity index (χ0n) is 44.0. The van der Waals surface area contributed by atoms with E-state index in [1.165, 1.54) is 55.6 Å². The number of benzene rings is 1. The second-order valence-electron chi connectivity index (χ2n) is 18.9. The molecule has 0 bridgehead atoms. The topological polar surface area (TPSA) is 174 Å². The van der Waals surface area contributed by atoms with Crippen LogP contribution in [0, 0.1) is 11.8 Å². The minimum absolute atomic E-state index is 0.0792. The van der Waals surface area contributed by atoms with Crippen LogP contribution in [0.3, 0.4) is 0 Å². The monoisotopic (exact) mass is 1030 g/mol. The molecule has 1 aliphatic heterocycles. The van der Waals surface area contributed by atoms with E-state index in [4.69, 9.17) is 4.74 Å². The minimum atomic E-state index is -2.47. The smallest absolute Gasteiger partial charge is 0.320 e. The van der Waals surface area contributed by atoms with Gasteiger partial charge in [-0.15, -0.1) is 0 Å². The van der Waals surface area contributed by atoms with Crippen molar-refractivity contribution in [2.24, 2.45) is 22.0 Å². The number of esters is 2. The zero-order chi connectivity index (χ0) is 50.0. The molecular formula is C50H95N7O7Sn. The van der Waals surface area contributed by atoms with Crippen LogP contribution in [-0.4, -0.2) is 121 Å². The van der Waals surface area contributed by atoms with Gasteiger partial charge in [-0.1, -0.05) is 107 Å². The fourth-order valence-corrected chi connectivity index (χ4v) is 9.98. The Morgan fingerprint density at radius 2 is 1.45 bits per heavy atom. The van der Waals surface area contributed by atoms with Crippen LogP contribution in [0.1, 0.15) is 171 Å². The predicted octanol–water partition coefficient (Wildman–Crippen LogP) is 9.27. The average Bonchev–Trinajstić information content (AvgIpc) is 3.26. The Kier molecular flexibility index (Phi) is 36.2. The van der Waals surface area contributed by atoms with Gasteiger partial charge in [0.1, 0.15) is 5.60 Å². The Morgan fingerprint density at radius 1 is 0.831 bits per heavy atom. The summed E-state index contributed by atoms with van der Waals surface area (Å²) in [6.07, 6.45) is 12.9. The Morgan fingerprint density at radius 3 is 1.94 bits per heavy atom. The van der Waals surface area contributed by atoms with Crippen molar-refractivity contribution in [3.05, 3.63) is 29.3 Å². The Bertz CT molecular complexity index is 1530. The standard InChI is InChI=1S/C28H44N7O5.C13H26O2.C4H10.C2H6.3CH3.Sn/c1-6-13-34(19-25(37)40-28(3,4)5)15-16-35(14-7-2)23(27(38)39)11-12-24(36)29-18-21-9-8-10-22(17-21)26-32-30-20-31-33-26;1-5-11(2)8-6-7-9-12(3)10-13(14)15-4;1-3-4-2;1-2;;;;/h9-10,17,20,23H,6-7,11-16,18-19H2,1-5H3,(H,29,36)(H,30,31)(H,32,33)(H,38,39);11-12H,5-10H2,1-4H3;3-4H2,1-2H3;1-2H3;3*1H3;. The molecule has 0 aromatic heterocycles. The summed E-state index contributed by atoms with van der Waals surface area (Å²) < 4.78 is 11.4. The first-order valence-corrected chi connectivity index (χ1v) is 34.6. The molecule has 376 valence electrons. The second-order valence-corrected chi connectivity index (χ2v) is 33.4. The van der Waals surface area contributed by atoms with Crippen molar-refractivity contribution >= 4 is 57.9 Å². The fourth-order valence-electron chi connectivity index (χ4n) is 6.54. The van der Waals surface area contributed by atoms with Crippen LogP contribution >= 0.6 is 0 Å². The molecule has 3 atom stereocenters. The van der Waals surface area contributed by atoms with Crippen molar-refractivity contribution in [3.8, 4) is 0 Å². The Hall–Kier alpha value is -3.24. The third-order valence-electron chi connectivity index (χ3n) is 10.6. The van der Waals surface area contributed by atoms with E-state index in [-0.39, 0.29) is 37.2 Å². The van der Waals surface area contributed by atoms with Gasteiger partial charge in [0.05, 0.1) is 13.7 Å². The number of rotatable bonds is 27. The molecule has 0 saturated heterocycles. The molecule has 1 aromatic carbocycles. The first-order chi connectivity index (χ1) is 30.6. The maximum atomic E-state index is 12.9. The zero-order valence-corrected chi connectivity index (χ0v) is 46.8. The molecule has 1 heterocycles. The Labute approximate surface area is 400 Å². The van der Waals surface area contributed by atoms with Gasteiger partial charge in [-0.3, -0.25) is 14.5 Å². The van der Waals surface area contributed by atoms with E-state index in [2.05, 4.69) is 92.7 Å². The molecule has 15 heteroatoms. The number of carbonyl (C=O) groups excluding carboxylic acids is 3. The summed E-state index contributed by atoms with van der Waals surface area (Å²) in [5, 5.41) is 21.4. The summed E-state index contributed by atoms with van der Waals surface area (Å²) in [5.74, 6) is 0.403. The quantitative estimate of drug-likeness (QED) is 0.0376. The van der Waals surface area contributed by atoms with E-state index in [0.717, 1.165) is 36.3 Å². The van der Waals surface area contributed by atoms with Crippen LogP contribution in [0.2, 0.25) is 14.8 Å². The summed E-state index contributed by atoms with van der Waals surface area (Å²) in [6.45, 7) is 27.4. The van der Waals surface area contributed by atoms with Gasteiger partial charge in [0.25, 0.3) is 0 Å². The fraction of sp³-hybridized carbons (Fsp3) is 0.760. The molecule has 1 aliphatic rings. The molecule has 3 unspecified atom stereocenters. The van der Waals surface area contributed by atoms with Crippen molar-refractivity contribution in [3.63, 3.8) is 0 Å². The van der Waals surface area contributed by atoms with Gasteiger partial charge in [0, 0.05) is 6.42 Å². The van der Waals surface area contributed by atoms with Gasteiger partial charge in [0.2, 0.25) is 0 Å². The third-order valence-corrected chi connectivity index (χ3v) is 16.3. The van der Waals surface area contributed by atoms with E-state index in [1.54, 1.807) is 0 Å². The predicted molar refractivity (Wildman–Crippen MR) is 273 cm³/mol. The normalized spacial score (nSPS) is 13.5. The van der Waals surface area contributed by atoms with E-state index in [1.807, 2.05) is 64.3 Å². The Balaban J connectivity index is 0. The van der Waals surface area contributed by atoms with Crippen molar-refractivity contribution in [1.82, 2.24) is 26.0 Å². The molecule has 0 saturated carbocycles. The maximum Gasteiger partial charge on any atom is 0.320 e. The number of hydrazone groups is 2. The second kappa shape index (κ2) is 36.8. The first kappa shape index (κ1) is 63.8. The molecule has 0 aliphatic carbocycles. The van der Waals surface area contributed by atoms with Gasteiger partial charge >= 0.3 is 200 Å². The van der Waals surface area contributed by atoms with Crippen LogP contribution in [0.25, 0.3) is 0 Å². The number of methoxy groups -OCH3 is 1. The van der Waals surface area contributed by atoms with E-state index >= 15 is 0 Å². The molecular weight excluding hydrogens is 929 g/mol. The number of ether oxygens (including phenoxy) is 2. The van der Waals surface area contributed by atoms with Crippen LogP contribution in [0.4, 0.5) is 0 Å². The summed E-state index contributed by atoms with van der Waals surface area (Å²) in [5.41, 5.74) is 6.97. The SMILES string of the molecule is CC.CCC(C)CCCCC(C)CC(=O)OC.CCCC.CCCN(CCN(CCC)C(CCC(=O)NCc1cc(C2=NNC=NN2)c[c]([Sn]([CH3])([CH3])[CH3])c1)C(=O)O)CC(=O)OC(C)(C)C. The number of aliphatic carboxylic acids is 1. The third kappa shape index (κ3) is 32.2. The molecule has 0 radical (unpaired) electrons. The van der Waals surface area contributed by atoms with Gasteiger partial charge in [-0.2, -0.15) is 0 Å². The number of amides is 1. The van der Waals surface area contributed by atoms with Crippen molar-refractivity contribution < 1.29 is 33.8 Å². The van der Waals surface area contributed by atoms with Gasteiger partial charge in [0.15, 0.2) is 0 Å². The molecule has 0 spiro atoms. The average molecular weight is 1030 g/mol. The van der Waals surface area contributed by atoms with Crippen LogP contribution < -0.4 is 19.7 Å². The molecule has 1 amide bonds. The number of carbonyl (C=O) groups is 4. The number of amidine groups is 1. The van der Waals surface area contributed by atoms with E-state index in [0.29, 0.717) is 50.9 Å². The van der Waals surface area contributed by atoms with Crippen molar-refractivity contribution in [2.75, 3.05) is 39.8 Å². The van der Waals surface area contributed by atoms with E-state index in [9.17, 15) is 24.3 Å². The first-order valence-electron chi connectivity index (χ1n) is 24.6. The maximum absolute atomic E-state index is 12.9. The molecule has 65 heavy (non-hydrogen) atoms. The van der Waals surface area contributed by atoms with Crippen LogP contribution in [0.15, 0.2) is 28.4 Å². The molecule has 4 N–H and O–H groups in total. The number of hydrogen-bond acceptors (Lipinski definition) is 12.